The first kappa shape index (κ1) is 12.9. The molecule has 98 valence electrons. The van der Waals surface area contributed by atoms with Crippen LogP contribution in [0.15, 0.2) is 24.4 Å². The van der Waals surface area contributed by atoms with Crippen LogP contribution in [0, 0.1) is 0 Å². The molecule has 0 bridgehead atoms. The molecule has 0 saturated heterocycles. The Balaban J connectivity index is 2.46. The molecule has 4 nitrogen and oxygen atoms in total. The third-order valence-corrected chi connectivity index (χ3v) is 3.19. The fourth-order valence-electron chi connectivity index (χ4n) is 2.29. The number of nitrogens with two attached hydrogens (primary N) is 2. The van der Waals surface area contributed by atoms with Crippen LogP contribution in [-0.4, -0.2) is 24.8 Å². The van der Waals surface area contributed by atoms with E-state index in [-0.39, 0.29) is 0 Å². The number of nitrogens with zero attached hydrogens (tertiary/aromatic N) is 1. The molecule has 0 atom stereocenters. The zero-order chi connectivity index (χ0) is 13.0. The van der Waals surface area contributed by atoms with E-state index in [1.807, 2.05) is 6.07 Å². The molecule has 2 rings (SSSR count). The van der Waals surface area contributed by atoms with Gasteiger partial charge in [0.15, 0.2) is 0 Å². The van der Waals surface area contributed by atoms with Gasteiger partial charge in [-0.2, -0.15) is 0 Å². The van der Waals surface area contributed by atoms with E-state index in [0.717, 1.165) is 25.1 Å². The molecule has 0 radical (unpaired) electrons. The van der Waals surface area contributed by atoms with Crippen LogP contribution in [0.25, 0.3) is 10.9 Å². The zero-order valence-electron chi connectivity index (χ0n) is 10.9. The maximum absolute atomic E-state index is 5.65. The van der Waals surface area contributed by atoms with E-state index in [2.05, 4.69) is 22.9 Å². The topological polar surface area (TPSA) is 66.2 Å². The van der Waals surface area contributed by atoms with Gasteiger partial charge < -0.3 is 20.8 Å². The minimum Gasteiger partial charge on any atom is -0.497 e. The summed E-state index contributed by atoms with van der Waals surface area (Å²) in [6.07, 6.45) is 4.18. The number of ether oxygens (including phenoxy) is 1. The molecular weight excluding hydrogens is 226 g/mol. The van der Waals surface area contributed by atoms with Gasteiger partial charge in [0.1, 0.15) is 5.75 Å². The first-order valence-electron chi connectivity index (χ1n) is 6.36. The molecule has 4 N–H and O–H groups in total. The number of hydrogen-bond acceptors (Lipinski definition) is 3. The van der Waals surface area contributed by atoms with Crippen LogP contribution < -0.4 is 16.2 Å². The van der Waals surface area contributed by atoms with Gasteiger partial charge in [-0.3, -0.25) is 0 Å². The van der Waals surface area contributed by atoms with Gasteiger partial charge in [0, 0.05) is 30.2 Å². The molecule has 1 aromatic carbocycles. The van der Waals surface area contributed by atoms with E-state index in [9.17, 15) is 0 Å². The highest BCUT2D eigenvalue weighted by Crippen LogP contribution is 2.26. The van der Waals surface area contributed by atoms with Gasteiger partial charge in [0.05, 0.1) is 7.11 Å². The van der Waals surface area contributed by atoms with Gasteiger partial charge in [-0.25, -0.2) is 0 Å². The predicted molar refractivity (Wildman–Crippen MR) is 74.9 cm³/mol. The zero-order valence-corrected chi connectivity index (χ0v) is 10.9. The summed E-state index contributed by atoms with van der Waals surface area (Å²) in [6.45, 7) is 2.20. The van der Waals surface area contributed by atoms with Crippen molar-refractivity contribution in [3.8, 4) is 5.75 Å². The lowest BCUT2D eigenvalue weighted by Crippen LogP contribution is -2.08. The van der Waals surface area contributed by atoms with Crippen molar-refractivity contribution in [2.75, 3.05) is 20.2 Å². The second-order valence-corrected chi connectivity index (χ2v) is 4.41. The number of methoxy groups -OCH3 is 1. The lowest BCUT2D eigenvalue weighted by molar-refractivity contribution is 0.415. The van der Waals surface area contributed by atoms with E-state index >= 15 is 0 Å². The van der Waals surface area contributed by atoms with Gasteiger partial charge in [0.25, 0.3) is 0 Å². The number of aryl methyl sites for hydroxylation is 1. The highest BCUT2D eigenvalue weighted by atomic mass is 16.5. The predicted octanol–water partition coefficient (Wildman–Crippen LogP) is 1.50. The third kappa shape index (κ3) is 2.49. The molecule has 0 aliphatic heterocycles. The molecule has 0 amide bonds. The van der Waals surface area contributed by atoms with Crippen LogP contribution in [0.2, 0.25) is 0 Å². The number of aromatic nitrogens is 1. The molecule has 2 aromatic rings. The number of fused-ring (bicyclic) bond motifs is 1. The fraction of sp³-hybridized carbons (Fsp3) is 0.429. The van der Waals surface area contributed by atoms with Gasteiger partial charge in [0.2, 0.25) is 0 Å². The van der Waals surface area contributed by atoms with Crippen LogP contribution >= 0.6 is 0 Å². The maximum atomic E-state index is 5.65. The van der Waals surface area contributed by atoms with Crippen LogP contribution in [0.5, 0.6) is 5.75 Å². The minimum absolute atomic E-state index is 0.645. The number of benzene rings is 1. The summed E-state index contributed by atoms with van der Waals surface area (Å²) < 4.78 is 7.50. The Labute approximate surface area is 108 Å². The first-order chi connectivity index (χ1) is 8.80. The Morgan fingerprint density at radius 1 is 1.22 bits per heavy atom. The molecule has 0 aliphatic carbocycles. The van der Waals surface area contributed by atoms with Gasteiger partial charge in [-0.15, -0.1) is 0 Å². The molecule has 1 aromatic heterocycles. The van der Waals surface area contributed by atoms with Gasteiger partial charge >= 0.3 is 0 Å². The van der Waals surface area contributed by atoms with E-state index in [4.69, 9.17) is 16.2 Å². The summed E-state index contributed by atoms with van der Waals surface area (Å²) in [5.41, 5.74) is 13.8. The second-order valence-electron chi connectivity index (χ2n) is 4.41. The van der Waals surface area contributed by atoms with E-state index < -0.39 is 0 Å². The maximum Gasteiger partial charge on any atom is 0.119 e. The molecule has 0 unspecified atom stereocenters. The first-order valence-corrected chi connectivity index (χ1v) is 6.36. The van der Waals surface area contributed by atoms with Crippen molar-refractivity contribution in [1.82, 2.24) is 4.57 Å². The van der Waals surface area contributed by atoms with Crippen molar-refractivity contribution < 1.29 is 4.74 Å². The fourth-order valence-corrected chi connectivity index (χ4v) is 2.29. The molecule has 4 heteroatoms. The summed E-state index contributed by atoms with van der Waals surface area (Å²) in [5, 5.41) is 1.25. The normalized spacial score (nSPS) is 11.1. The molecule has 0 saturated carbocycles. The Bertz CT molecular complexity index is 519. The molecule has 1 heterocycles. The molecule has 0 fully saturated rings. The van der Waals surface area contributed by atoms with Crippen molar-refractivity contribution in [2.45, 2.75) is 19.4 Å². The summed E-state index contributed by atoms with van der Waals surface area (Å²) in [4.78, 5) is 0. The number of rotatable bonds is 6. The second kappa shape index (κ2) is 5.89. The van der Waals surface area contributed by atoms with Crippen molar-refractivity contribution in [3.63, 3.8) is 0 Å². The van der Waals surface area contributed by atoms with E-state index in [1.54, 1.807) is 7.11 Å². The standard InChI is InChI=1S/C14H21N3O/c1-18-12-4-5-14-13(9-12)11(3-2-6-15)10-17(14)8-7-16/h4-5,9-10H,2-3,6-8,15-16H2,1H3. The Kier molecular flexibility index (Phi) is 4.23. The van der Waals surface area contributed by atoms with Crippen LogP contribution in [0.1, 0.15) is 12.0 Å². The minimum atomic E-state index is 0.645. The van der Waals surface area contributed by atoms with E-state index in [0.29, 0.717) is 13.1 Å². The quantitative estimate of drug-likeness (QED) is 0.813. The van der Waals surface area contributed by atoms with Crippen molar-refractivity contribution in [1.29, 1.82) is 0 Å². The molecular formula is C14H21N3O. The molecule has 0 aliphatic rings. The largest absolute Gasteiger partial charge is 0.497 e. The highest BCUT2D eigenvalue weighted by molar-refractivity contribution is 5.85. The average molecular weight is 247 g/mol. The SMILES string of the molecule is COc1ccc2c(c1)c(CCCN)cn2CCN. The van der Waals surface area contributed by atoms with Crippen LogP contribution in [0.4, 0.5) is 0 Å². The third-order valence-electron chi connectivity index (χ3n) is 3.19. The van der Waals surface area contributed by atoms with Crippen molar-refractivity contribution in [2.24, 2.45) is 11.5 Å². The van der Waals surface area contributed by atoms with Crippen LogP contribution in [0.3, 0.4) is 0 Å². The lowest BCUT2D eigenvalue weighted by Gasteiger charge is -2.04. The molecule has 0 spiro atoms. The average Bonchev–Trinajstić information content (AvgIpc) is 2.74. The summed E-state index contributed by atoms with van der Waals surface area (Å²) in [6, 6.07) is 6.17. The number of hydrogen-bond donors (Lipinski definition) is 2. The molecule has 18 heavy (non-hydrogen) atoms. The highest BCUT2D eigenvalue weighted by Gasteiger charge is 2.08. The van der Waals surface area contributed by atoms with E-state index in [1.165, 1.54) is 16.5 Å². The van der Waals surface area contributed by atoms with Crippen LogP contribution in [-0.2, 0) is 13.0 Å². The Hall–Kier alpha value is -1.52. The van der Waals surface area contributed by atoms with Gasteiger partial charge in [-0.05, 0) is 43.1 Å². The van der Waals surface area contributed by atoms with Crippen molar-refractivity contribution >= 4 is 10.9 Å². The smallest absolute Gasteiger partial charge is 0.119 e. The summed E-state index contributed by atoms with van der Waals surface area (Å²) in [7, 11) is 1.69. The Morgan fingerprint density at radius 3 is 2.72 bits per heavy atom. The lowest BCUT2D eigenvalue weighted by atomic mass is 10.1. The van der Waals surface area contributed by atoms with Gasteiger partial charge in [-0.1, -0.05) is 0 Å². The van der Waals surface area contributed by atoms with Crippen molar-refractivity contribution in [3.05, 3.63) is 30.0 Å². The monoisotopic (exact) mass is 247 g/mol. The Morgan fingerprint density at radius 2 is 2.06 bits per heavy atom. The summed E-state index contributed by atoms with van der Waals surface area (Å²) in [5.74, 6) is 0.891. The summed E-state index contributed by atoms with van der Waals surface area (Å²) >= 11 is 0.